The molecule has 0 aromatic carbocycles. The largest absolute Gasteiger partial charge is 0.374 e. The van der Waals surface area contributed by atoms with E-state index in [-0.39, 0.29) is 0 Å². The molecule has 1 N–H and O–H groups in total. The average Bonchev–Trinajstić information content (AvgIpc) is 2.95. The number of piperazine rings is 1. The third kappa shape index (κ3) is 3.03. The number of ether oxygens (including phenoxy) is 1. The highest BCUT2D eigenvalue weighted by molar-refractivity contribution is 4.94. The molecule has 2 atom stereocenters. The zero-order valence-electron chi connectivity index (χ0n) is 13.2. The molecule has 0 aromatic rings. The van der Waals surface area contributed by atoms with Crippen molar-refractivity contribution in [3.63, 3.8) is 0 Å². The van der Waals surface area contributed by atoms with Crippen LogP contribution in [0.5, 0.6) is 0 Å². The number of fused-ring (bicyclic) bond motifs is 1. The third-order valence-corrected chi connectivity index (χ3v) is 5.73. The maximum Gasteiger partial charge on any atom is 0.0829 e. The van der Waals surface area contributed by atoms with Gasteiger partial charge in [-0.15, -0.1) is 0 Å². The summed E-state index contributed by atoms with van der Waals surface area (Å²) in [6.07, 6.45) is 5.58. The molecule has 3 aliphatic heterocycles. The second kappa shape index (κ2) is 6.30. The molecule has 3 aliphatic rings. The second-order valence-corrected chi connectivity index (χ2v) is 6.90. The highest BCUT2D eigenvalue weighted by Gasteiger charge is 2.36. The topological polar surface area (TPSA) is 27.7 Å². The van der Waals surface area contributed by atoms with Crippen molar-refractivity contribution >= 4 is 0 Å². The number of nitrogens with one attached hydrogen (secondary N) is 1. The Morgan fingerprint density at radius 3 is 2.90 bits per heavy atom. The van der Waals surface area contributed by atoms with Gasteiger partial charge in [-0.05, 0) is 32.2 Å². The zero-order valence-corrected chi connectivity index (χ0v) is 13.2. The fraction of sp³-hybridized carbons (Fsp3) is 1.00. The van der Waals surface area contributed by atoms with E-state index in [9.17, 15) is 0 Å². The number of nitrogens with zero attached hydrogens (tertiary/aromatic N) is 2. The highest BCUT2D eigenvalue weighted by Crippen LogP contribution is 2.24. The van der Waals surface area contributed by atoms with Crippen molar-refractivity contribution in [1.29, 1.82) is 0 Å². The van der Waals surface area contributed by atoms with Gasteiger partial charge in [0.2, 0.25) is 0 Å². The first-order valence-corrected chi connectivity index (χ1v) is 8.58. The van der Waals surface area contributed by atoms with Gasteiger partial charge in [-0.3, -0.25) is 9.80 Å². The van der Waals surface area contributed by atoms with Crippen LogP contribution in [0.2, 0.25) is 0 Å². The summed E-state index contributed by atoms with van der Waals surface area (Å²) in [4.78, 5) is 5.29. The monoisotopic (exact) mass is 281 g/mol. The molecule has 20 heavy (non-hydrogen) atoms. The van der Waals surface area contributed by atoms with E-state index in [0.29, 0.717) is 11.6 Å². The minimum Gasteiger partial charge on any atom is -0.374 e. The Morgan fingerprint density at radius 2 is 2.10 bits per heavy atom. The average molecular weight is 281 g/mol. The lowest BCUT2D eigenvalue weighted by molar-refractivity contribution is -0.0662. The molecular weight excluding hydrogens is 250 g/mol. The molecule has 0 amide bonds. The van der Waals surface area contributed by atoms with Gasteiger partial charge in [0.15, 0.2) is 0 Å². The summed E-state index contributed by atoms with van der Waals surface area (Å²) in [6.45, 7) is 12.6. The maximum absolute atomic E-state index is 6.13. The summed E-state index contributed by atoms with van der Waals surface area (Å²) in [7, 11) is 0. The minimum absolute atomic E-state index is 0.336. The third-order valence-electron chi connectivity index (χ3n) is 5.73. The molecule has 0 radical (unpaired) electrons. The Bertz CT molecular complexity index is 319. The Kier molecular flexibility index (Phi) is 4.65. The molecule has 3 fully saturated rings. The molecule has 3 rings (SSSR count). The molecule has 4 heteroatoms. The van der Waals surface area contributed by atoms with E-state index in [1.807, 2.05) is 0 Å². The normalized spacial score (nSPS) is 35.1. The van der Waals surface area contributed by atoms with E-state index in [4.69, 9.17) is 4.74 Å². The van der Waals surface area contributed by atoms with Gasteiger partial charge in [0.05, 0.1) is 12.7 Å². The summed E-state index contributed by atoms with van der Waals surface area (Å²) < 4.78 is 6.13. The van der Waals surface area contributed by atoms with Gasteiger partial charge in [0, 0.05) is 44.3 Å². The molecule has 3 heterocycles. The predicted octanol–water partition coefficient (Wildman–Crippen LogP) is 1.31. The van der Waals surface area contributed by atoms with E-state index < -0.39 is 0 Å². The van der Waals surface area contributed by atoms with Crippen LogP contribution < -0.4 is 5.32 Å². The second-order valence-electron chi connectivity index (χ2n) is 6.90. The summed E-state index contributed by atoms with van der Waals surface area (Å²) in [5.41, 5.74) is 0.336. The standard InChI is InChI=1S/C16H31N3O/c1-3-16(4-2)13-18(9-7-17-16)10-15-11-19-8-5-6-14(19)12-20-15/h14-15,17H,3-13H2,1-2H3. The maximum atomic E-state index is 6.13. The summed E-state index contributed by atoms with van der Waals surface area (Å²) in [6, 6.07) is 0.722. The molecule has 3 saturated heterocycles. The molecule has 4 nitrogen and oxygen atoms in total. The molecular formula is C16H31N3O. The molecule has 0 saturated carbocycles. The van der Waals surface area contributed by atoms with Gasteiger partial charge in [0.1, 0.15) is 0 Å². The van der Waals surface area contributed by atoms with Gasteiger partial charge in [-0.25, -0.2) is 0 Å². The lowest BCUT2D eigenvalue weighted by atomic mass is 9.90. The fourth-order valence-corrected chi connectivity index (χ4v) is 4.21. The van der Waals surface area contributed by atoms with E-state index >= 15 is 0 Å². The van der Waals surface area contributed by atoms with Gasteiger partial charge >= 0.3 is 0 Å². The van der Waals surface area contributed by atoms with Crippen LogP contribution in [0, 0.1) is 0 Å². The van der Waals surface area contributed by atoms with E-state index in [1.165, 1.54) is 45.3 Å². The van der Waals surface area contributed by atoms with E-state index in [2.05, 4.69) is 29.0 Å². The van der Waals surface area contributed by atoms with Crippen LogP contribution in [0.1, 0.15) is 39.5 Å². The van der Waals surface area contributed by atoms with Gasteiger partial charge < -0.3 is 10.1 Å². The summed E-state index contributed by atoms with van der Waals surface area (Å²) in [5, 5.41) is 3.74. The molecule has 0 aromatic heterocycles. The van der Waals surface area contributed by atoms with Crippen LogP contribution in [0.15, 0.2) is 0 Å². The highest BCUT2D eigenvalue weighted by atomic mass is 16.5. The van der Waals surface area contributed by atoms with E-state index in [0.717, 1.165) is 32.3 Å². The lowest BCUT2D eigenvalue weighted by Gasteiger charge is -2.45. The molecule has 2 unspecified atom stereocenters. The Balaban J connectivity index is 1.52. The Morgan fingerprint density at radius 1 is 1.25 bits per heavy atom. The summed E-state index contributed by atoms with van der Waals surface area (Å²) in [5.74, 6) is 0. The number of hydrogen-bond donors (Lipinski definition) is 1. The zero-order chi connectivity index (χ0) is 14.0. The molecule has 0 aliphatic carbocycles. The molecule has 0 spiro atoms. The quantitative estimate of drug-likeness (QED) is 0.841. The summed E-state index contributed by atoms with van der Waals surface area (Å²) >= 11 is 0. The number of rotatable bonds is 4. The fourth-order valence-electron chi connectivity index (χ4n) is 4.21. The smallest absolute Gasteiger partial charge is 0.0829 e. The Labute approximate surface area is 123 Å². The first kappa shape index (κ1) is 14.8. The van der Waals surface area contributed by atoms with Crippen molar-refractivity contribution < 1.29 is 4.74 Å². The van der Waals surface area contributed by atoms with Crippen molar-refractivity contribution in [3.8, 4) is 0 Å². The first-order chi connectivity index (χ1) is 9.74. The van der Waals surface area contributed by atoms with Gasteiger partial charge in [-0.1, -0.05) is 13.8 Å². The van der Waals surface area contributed by atoms with Crippen molar-refractivity contribution in [1.82, 2.24) is 15.1 Å². The van der Waals surface area contributed by atoms with Crippen LogP contribution in [0.25, 0.3) is 0 Å². The first-order valence-electron chi connectivity index (χ1n) is 8.58. The van der Waals surface area contributed by atoms with Crippen molar-refractivity contribution in [2.45, 2.75) is 57.2 Å². The molecule has 116 valence electrons. The number of morpholine rings is 1. The molecule has 0 bridgehead atoms. The van der Waals surface area contributed by atoms with Crippen LogP contribution in [0.3, 0.4) is 0 Å². The van der Waals surface area contributed by atoms with Crippen LogP contribution in [0.4, 0.5) is 0 Å². The number of hydrogen-bond acceptors (Lipinski definition) is 4. The van der Waals surface area contributed by atoms with Gasteiger partial charge in [0.25, 0.3) is 0 Å². The van der Waals surface area contributed by atoms with Crippen LogP contribution >= 0.6 is 0 Å². The minimum atomic E-state index is 0.336. The van der Waals surface area contributed by atoms with E-state index in [1.54, 1.807) is 0 Å². The van der Waals surface area contributed by atoms with Crippen molar-refractivity contribution in [2.24, 2.45) is 0 Å². The SMILES string of the molecule is CCC1(CC)CN(CC2CN3CCCC3CO2)CCN1. The van der Waals surface area contributed by atoms with Crippen molar-refractivity contribution in [3.05, 3.63) is 0 Å². The predicted molar refractivity (Wildman–Crippen MR) is 82.1 cm³/mol. The Hall–Kier alpha value is -0.160. The van der Waals surface area contributed by atoms with Crippen LogP contribution in [-0.2, 0) is 4.74 Å². The van der Waals surface area contributed by atoms with Gasteiger partial charge in [-0.2, -0.15) is 0 Å². The lowest BCUT2D eigenvalue weighted by Crippen LogP contribution is -2.61. The van der Waals surface area contributed by atoms with Crippen molar-refractivity contribution in [2.75, 3.05) is 45.9 Å². The van der Waals surface area contributed by atoms with Crippen LogP contribution in [-0.4, -0.2) is 73.4 Å².